The summed E-state index contributed by atoms with van der Waals surface area (Å²) in [5, 5.41) is 4.14. The second kappa shape index (κ2) is 14.0. The van der Waals surface area contributed by atoms with Gasteiger partial charge in [-0.15, -0.1) is 0 Å². The Bertz CT molecular complexity index is 1790. The van der Waals surface area contributed by atoms with Crippen LogP contribution in [0.25, 0.3) is 22.0 Å². The Morgan fingerprint density at radius 1 is 1.04 bits per heavy atom. The van der Waals surface area contributed by atoms with Crippen LogP contribution in [0.3, 0.4) is 0 Å². The van der Waals surface area contributed by atoms with Gasteiger partial charge in [0.25, 0.3) is 11.4 Å². The van der Waals surface area contributed by atoms with Crippen LogP contribution < -0.4 is 10.9 Å². The summed E-state index contributed by atoms with van der Waals surface area (Å²) >= 11 is 0. The molecule has 3 aromatic heterocycles. The molecule has 1 amide bonds. The lowest BCUT2D eigenvalue weighted by atomic mass is 10.1. The number of pyridine rings is 1. The van der Waals surface area contributed by atoms with Crippen LogP contribution in [0.5, 0.6) is 0 Å². The highest BCUT2D eigenvalue weighted by Gasteiger charge is 2.28. The summed E-state index contributed by atoms with van der Waals surface area (Å²) < 4.78 is 19.2. The molecule has 12 heteroatoms. The molecule has 46 heavy (non-hydrogen) atoms. The Balaban J connectivity index is 1.70. The van der Waals surface area contributed by atoms with Crippen molar-refractivity contribution in [1.29, 1.82) is 0 Å². The molecule has 4 aromatic rings. The van der Waals surface area contributed by atoms with Crippen molar-refractivity contribution in [3.63, 3.8) is 0 Å². The van der Waals surface area contributed by atoms with Crippen molar-refractivity contribution in [3.05, 3.63) is 83.3 Å². The molecule has 244 valence electrons. The minimum absolute atomic E-state index is 0.0505. The zero-order chi connectivity index (χ0) is 33.6. The van der Waals surface area contributed by atoms with E-state index in [0.717, 1.165) is 5.39 Å². The molecule has 3 heterocycles. The van der Waals surface area contributed by atoms with Gasteiger partial charge in [0.05, 0.1) is 17.9 Å². The highest BCUT2D eigenvalue weighted by Crippen LogP contribution is 2.27. The largest absolute Gasteiger partial charge is 0.444 e. The van der Waals surface area contributed by atoms with Crippen LogP contribution >= 0.6 is 0 Å². The Hall–Kier alpha value is -5.00. The van der Waals surface area contributed by atoms with Crippen molar-refractivity contribution >= 4 is 28.7 Å². The summed E-state index contributed by atoms with van der Waals surface area (Å²) in [4.78, 5) is 60.2. The zero-order valence-electron chi connectivity index (χ0n) is 27.3. The molecule has 12 nitrogen and oxygen atoms in total. The molecule has 0 spiro atoms. The topological polar surface area (TPSA) is 148 Å². The lowest BCUT2D eigenvalue weighted by molar-refractivity contribution is 0.0473. The van der Waals surface area contributed by atoms with Crippen molar-refractivity contribution < 1.29 is 28.3 Å². The number of hydrogen-bond donors (Lipinski definition) is 1. The van der Waals surface area contributed by atoms with Crippen LogP contribution in [-0.2, 0) is 16.0 Å². The second-order valence-electron chi connectivity index (χ2n) is 12.7. The van der Waals surface area contributed by atoms with Crippen LogP contribution in [0.15, 0.2) is 70.5 Å². The first-order valence-electron chi connectivity index (χ1n) is 15.2. The molecule has 0 radical (unpaired) electrons. The average molecular weight is 632 g/mol. The number of carbonyl (C=O) groups excluding carboxylic acids is 3. The highest BCUT2D eigenvalue weighted by molar-refractivity contribution is 5.91. The molecule has 0 aliphatic rings. The van der Waals surface area contributed by atoms with Crippen LogP contribution in [-0.4, -0.2) is 48.3 Å². The van der Waals surface area contributed by atoms with Crippen molar-refractivity contribution in [2.45, 2.75) is 91.5 Å². The average Bonchev–Trinajstić information content (AvgIpc) is 3.66. The van der Waals surface area contributed by atoms with Crippen LogP contribution in [0.4, 0.5) is 9.59 Å². The number of allylic oxidation sites excluding steroid dienone is 1. The van der Waals surface area contributed by atoms with E-state index in [-0.39, 0.29) is 35.9 Å². The van der Waals surface area contributed by atoms with E-state index >= 15 is 0 Å². The SMILES string of the molecule is CCn1ccc2cc(-c3cn(C(=O)OC(C)(C)C)c([C@H](C/C=C/CCC(=O)c4ncco4)NC(=O)OC(C)(C)C)n3)ccc2c1=O. The molecule has 0 saturated heterocycles. The number of rotatable bonds is 10. The van der Waals surface area contributed by atoms with Gasteiger partial charge in [-0.25, -0.2) is 24.1 Å². The zero-order valence-corrected chi connectivity index (χ0v) is 27.3. The third kappa shape index (κ3) is 8.80. The van der Waals surface area contributed by atoms with E-state index in [0.29, 0.717) is 29.6 Å². The van der Waals surface area contributed by atoms with Gasteiger partial charge in [-0.05, 0) is 84.9 Å². The molecule has 0 saturated carbocycles. The fraction of sp³-hybridized carbons (Fsp3) is 0.412. The van der Waals surface area contributed by atoms with Crippen molar-refractivity contribution in [3.8, 4) is 11.3 Å². The summed E-state index contributed by atoms with van der Waals surface area (Å²) in [6.07, 6.45) is 9.10. The van der Waals surface area contributed by atoms with Gasteiger partial charge >= 0.3 is 12.2 Å². The quantitative estimate of drug-likeness (QED) is 0.147. The lowest BCUT2D eigenvalue weighted by Crippen LogP contribution is -2.37. The first-order chi connectivity index (χ1) is 21.6. The fourth-order valence-corrected chi connectivity index (χ4v) is 4.64. The molecular weight excluding hydrogens is 590 g/mol. The van der Waals surface area contributed by atoms with Gasteiger partial charge < -0.3 is 23.8 Å². The number of aryl methyl sites for hydroxylation is 1. The summed E-state index contributed by atoms with van der Waals surface area (Å²) in [6, 6.07) is 6.40. The molecule has 0 aliphatic carbocycles. The Kier molecular flexibility index (Phi) is 10.3. The monoisotopic (exact) mass is 631 g/mol. The van der Waals surface area contributed by atoms with E-state index in [1.807, 2.05) is 19.1 Å². The number of hydrogen-bond acceptors (Lipinski definition) is 9. The predicted octanol–water partition coefficient (Wildman–Crippen LogP) is 6.83. The van der Waals surface area contributed by atoms with Crippen LogP contribution in [0.2, 0.25) is 0 Å². The third-order valence-corrected chi connectivity index (χ3v) is 6.69. The summed E-state index contributed by atoms with van der Waals surface area (Å²) in [6.45, 7) is 13.0. The standard InChI is InChI=1S/C34H41N5O7/c1-8-38-18-16-22-20-23(14-15-24(22)30(38)41)26-21-39(32(43)46-34(5,6)7)28(36-26)25(37-31(42)45-33(2,3)4)12-10-9-11-13-27(40)29-35-17-19-44-29/h9-10,14-21,25H,8,11-13H2,1-7H3,(H,37,42)/b10-9+/t25-/m0/s1. The Labute approximate surface area is 267 Å². The minimum atomic E-state index is -0.813. The predicted molar refractivity (Wildman–Crippen MR) is 173 cm³/mol. The third-order valence-electron chi connectivity index (χ3n) is 6.69. The summed E-state index contributed by atoms with van der Waals surface area (Å²) in [7, 11) is 0. The molecule has 1 aromatic carbocycles. The van der Waals surface area contributed by atoms with Gasteiger partial charge in [-0.1, -0.05) is 18.2 Å². The number of fused-ring (bicyclic) bond motifs is 1. The molecular formula is C34H41N5O7. The molecule has 0 unspecified atom stereocenters. The fourth-order valence-electron chi connectivity index (χ4n) is 4.64. The van der Waals surface area contributed by atoms with Crippen molar-refractivity contribution in [2.75, 3.05) is 0 Å². The van der Waals surface area contributed by atoms with E-state index in [4.69, 9.17) is 18.9 Å². The second-order valence-corrected chi connectivity index (χ2v) is 12.7. The maximum atomic E-state index is 13.5. The number of nitrogens with one attached hydrogen (secondary N) is 1. The normalized spacial score (nSPS) is 12.8. The number of benzene rings is 1. The molecule has 0 aliphatic heterocycles. The molecule has 0 bridgehead atoms. The number of amides is 1. The number of imidazole rings is 1. The van der Waals surface area contributed by atoms with E-state index in [9.17, 15) is 19.2 Å². The number of ether oxygens (including phenoxy) is 2. The first-order valence-corrected chi connectivity index (χ1v) is 15.2. The number of Topliss-reactive ketones (excluding diaryl/α,β-unsaturated/α-hetero) is 1. The van der Waals surface area contributed by atoms with Crippen LogP contribution in [0, 0.1) is 0 Å². The maximum Gasteiger partial charge on any atom is 0.420 e. The Morgan fingerprint density at radius 3 is 2.43 bits per heavy atom. The number of carbonyl (C=O) groups is 3. The Morgan fingerprint density at radius 2 is 1.78 bits per heavy atom. The first kappa shape index (κ1) is 33.9. The smallest absolute Gasteiger partial charge is 0.420 e. The number of alkyl carbamates (subject to hydrolysis) is 1. The van der Waals surface area contributed by atoms with Gasteiger partial charge in [0.2, 0.25) is 5.78 Å². The van der Waals surface area contributed by atoms with E-state index in [1.165, 1.54) is 17.0 Å². The van der Waals surface area contributed by atoms with Gasteiger partial charge in [-0.2, -0.15) is 0 Å². The van der Waals surface area contributed by atoms with Gasteiger partial charge in [-0.3, -0.25) is 9.59 Å². The number of ketones is 1. The number of aromatic nitrogens is 4. The number of oxazole rings is 1. The van der Waals surface area contributed by atoms with Gasteiger partial charge in [0, 0.05) is 36.3 Å². The molecule has 1 atom stereocenters. The van der Waals surface area contributed by atoms with Crippen molar-refractivity contribution in [2.24, 2.45) is 0 Å². The summed E-state index contributed by atoms with van der Waals surface area (Å²) in [5.41, 5.74) is -0.551. The molecule has 1 N–H and O–H groups in total. The van der Waals surface area contributed by atoms with Crippen LogP contribution in [0.1, 0.15) is 90.3 Å². The molecule has 0 fully saturated rings. The van der Waals surface area contributed by atoms with E-state index in [2.05, 4.69) is 10.3 Å². The highest BCUT2D eigenvalue weighted by atomic mass is 16.6. The number of nitrogens with zero attached hydrogens (tertiary/aromatic N) is 4. The van der Waals surface area contributed by atoms with E-state index < -0.39 is 29.4 Å². The maximum absolute atomic E-state index is 13.5. The minimum Gasteiger partial charge on any atom is -0.444 e. The molecule has 4 rings (SSSR count). The van der Waals surface area contributed by atoms with Gasteiger partial charge in [0.15, 0.2) is 0 Å². The summed E-state index contributed by atoms with van der Waals surface area (Å²) in [5.74, 6) is 0.0406. The van der Waals surface area contributed by atoms with Crippen molar-refractivity contribution in [1.82, 2.24) is 24.4 Å². The lowest BCUT2D eigenvalue weighted by Gasteiger charge is -2.24. The van der Waals surface area contributed by atoms with Gasteiger partial charge in [0.1, 0.15) is 23.3 Å². The van der Waals surface area contributed by atoms with E-state index in [1.54, 1.807) is 82.8 Å².